The van der Waals surface area contributed by atoms with Crippen LogP contribution in [0.5, 0.6) is 11.5 Å². The van der Waals surface area contributed by atoms with E-state index < -0.39 is 5.60 Å². The van der Waals surface area contributed by atoms with Crippen LogP contribution in [0, 0.1) is 0 Å². The fraction of sp³-hybridized carbons (Fsp3) is 0.333. The molecule has 1 N–H and O–H groups in total. The number of fused-ring (bicyclic) bond motifs is 1. The minimum absolute atomic E-state index is 0.305. The Morgan fingerprint density at radius 1 is 1.00 bits per heavy atom. The highest BCUT2D eigenvalue weighted by molar-refractivity contribution is 8.13. The second-order valence-electron chi connectivity index (χ2n) is 6.62. The van der Waals surface area contributed by atoms with E-state index in [9.17, 15) is 5.11 Å². The predicted octanol–water partition coefficient (Wildman–Crippen LogP) is 2.90. The summed E-state index contributed by atoms with van der Waals surface area (Å²) in [5, 5.41) is 12.8. The number of methoxy groups -OCH3 is 2. The quantitative estimate of drug-likeness (QED) is 0.825. The fourth-order valence-electron chi connectivity index (χ4n) is 3.62. The summed E-state index contributed by atoms with van der Waals surface area (Å²) in [6, 6.07) is 15.5. The maximum absolute atomic E-state index is 11.8. The van der Waals surface area contributed by atoms with E-state index in [1.807, 2.05) is 48.5 Å². The summed E-state index contributed by atoms with van der Waals surface area (Å²) in [5.74, 6) is 2.62. The molecule has 0 amide bonds. The lowest BCUT2D eigenvalue weighted by Crippen LogP contribution is -2.50. The number of aliphatic imine (C=N–C) groups is 1. The van der Waals surface area contributed by atoms with Crippen LogP contribution >= 0.6 is 11.8 Å². The van der Waals surface area contributed by atoms with Crippen LogP contribution in [0.4, 0.5) is 0 Å². The van der Waals surface area contributed by atoms with Gasteiger partial charge in [-0.2, -0.15) is 0 Å². The van der Waals surface area contributed by atoms with Crippen LogP contribution in [0.1, 0.15) is 17.5 Å². The summed E-state index contributed by atoms with van der Waals surface area (Å²) < 4.78 is 12.7. The van der Waals surface area contributed by atoms with Crippen LogP contribution < -0.4 is 9.47 Å². The highest BCUT2D eigenvalue weighted by Gasteiger charge is 2.47. The summed E-state index contributed by atoms with van der Waals surface area (Å²) in [5.41, 5.74) is 1.48. The molecule has 6 heteroatoms. The standard InChI is InChI=1S/C21H23N2O3S/c1-25-17-8-4-15(5-9-17)19-21(24,16-6-10-18(26-2)11-7-16)14-22-20-23(19)12-3-13-27-20/h4-11,24H,3,12-14H2,1-2H3/q+1. The molecule has 2 aliphatic heterocycles. The van der Waals surface area contributed by atoms with Crippen LogP contribution in [0.25, 0.3) is 0 Å². The van der Waals surface area contributed by atoms with Crippen molar-refractivity contribution in [1.29, 1.82) is 0 Å². The van der Waals surface area contributed by atoms with Gasteiger partial charge in [-0.3, -0.25) is 0 Å². The van der Waals surface area contributed by atoms with Crippen LogP contribution in [0.3, 0.4) is 0 Å². The van der Waals surface area contributed by atoms with E-state index in [2.05, 4.69) is 4.58 Å². The van der Waals surface area contributed by atoms with E-state index in [1.54, 1.807) is 26.0 Å². The maximum Gasteiger partial charge on any atom is 0.354 e. The first-order valence-electron chi connectivity index (χ1n) is 8.99. The van der Waals surface area contributed by atoms with Crippen molar-refractivity contribution in [2.45, 2.75) is 12.0 Å². The summed E-state index contributed by atoms with van der Waals surface area (Å²) in [6.45, 7) is 1.16. The van der Waals surface area contributed by atoms with Crippen LogP contribution in [0.2, 0.25) is 0 Å². The average molecular weight is 383 g/mol. The molecule has 0 spiro atoms. The lowest BCUT2D eigenvalue weighted by molar-refractivity contribution is -0.413. The van der Waals surface area contributed by atoms with Crippen molar-refractivity contribution >= 4 is 22.6 Å². The van der Waals surface area contributed by atoms with Gasteiger partial charge in [-0.05, 0) is 60.1 Å². The summed E-state index contributed by atoms with van der Waals surface area (Å²) in [4.78, 5) is 4.71. The number of hydrogen-bond donors (Lipinski definition) is 1. The Hall–Kier alpha value is -2.31. The van der Waals surface area contributed by atoms with Crippen LogP contribution in [0.15, 0.2) is 53.5 Å². The SMILES string of the molecule is COc1ccc(C2=[N+]3CCCSC3=NCC2(O)c2ccc(OC)cc2)cc1. The molecule has 1 unspecified atom stereocenters. The summed E-state index contributed by atoms with van der Waals surface area (Å²) in [6.07, 6.45) is 1.06. The second kappa shape index (κ2) is 7.37. The molecular formula is C21H23N2O3S+. The van der Waals surface area contributed by atoms with Crippen molar-refractivity contribution < 1.29 is 19.2 Å². The van der Waals surface area contributed by atoms with Crippen molar-refractivity contribution in [3.8, 4) is 11.5 Å². The van der Waals surface area contributed by atoms with Crippen molar-refractivity contribution in [3.05, 3.63) is 59.7 Å². The van der Waals surface area contributed by atoms with Gasteiger partial charge in [0.1, 0.15) is 11.5 Å². The molecule has 1 atom stereocenters. The molecular weight excluding hydrogens is 360 g/mol. The van der Waals surface area contributed by atoms with Crippen molar-refractivity contribution in [1.82, 2.24) is 0 Å². The van der Waals surface area contributed by atoms with Crippen molar-refractivity contribution in [2.75, 3.05) is 33.1 Å². The Morgan fingerprint density at radius 2 is 1.63 bits per heavy atom. The van der Waals surface area contributed by atoms with Crippen molar-refractivity contribution in [2.24, 2.45) is 4.99 Å². The Labute approximate surface area is 163 Å². The Morgan fingerprint density at radius 3 is 2.26 bits per heavy atom. The zero-order valence-electron chi connectivity index (χ0n) is 15.5. The number of hydrogen-bond acceptors (Lipinski definition) is 5. The van der Waals surface area contributed by atoms with Gasteiger partial charge < -0.3 is 14.6 Å². The van der Waals surface area contributed by atoms with Gasteiger partial charge in [-0.15, -0.1) is 0 Å². The number of amidine groups is 1. The minimum atomic E-state index is -1.19. The molecule has 0 bridgehead atoms. The minimum Gasteiger partial charge on any atom is -0.497 e. The van der Waals surface area contributed by atoms with Gasteiger partial charge in [-0.1, -0.05) is 17.1 Å². The largest absolute Gasteiger partial charge is 0.497 e. The second-order valence-corrected chi connectivity index (χ2v) is 7.68. The van der Waals surface area contributed by atoms with Gasteiger partial charge in [0.25, 0.3) is 0 Å². The number of nitrogens with zero attached hydrogens (tertiary/aromatic N) is 2. The molecule has 0 radical (unpaired) electrons. The molecule has 2 aromatic rings. The number of aliphatic hydroxyl groups is 1. The third-order valence-corrected chi connectivity index (χ3v) is 6.12. The molecule has 2 heterocycles. The molecule has 0 aromatic heterocycles. The zero-order valence-corrected chi connectivity index (χ0v) is 16.3. The van der Waals surface area contributed by atoms with Crippen LogP contribution in [-0.2, 0) is 5.60 Å². The Balaban J connectivity index is 1.86. The van der Waals surface area contributed by atoms with Crippen LogP contribution in [-0.4, -0.2) is 53.6 Å². The predicted molar refractivity (Wildman–Crippen MR) is 108 cm³/mol. The highest BCUT2D eigenvalue weighted by atomic mass is 32.2. The van der Waals surface area contributed by atoms with E-state index in [4.69, 9.17) is 14.5 Å². The highest BCUT2D eigenvalue weighted by Crippen LogP contribution is 2.34. The number of benzene rings is 2. The normalized spacial score (nSPS) is 22.1. The van der Waals surface area contributed by atoms with Crippen molar-refractivity contribution in [3.63, 3.8) is 0 Å². The van der Waals surface area contributed by atoms with Gasteiger partial charge in [0.15, 0.2) is 17.9 Å². The fourth-order valence-corrected chi connectivity index (χ4v) is 4.57. The van der Waals surface area contributed by atoms with E-state index in [-0.39, 0.29) is 0 Å². The molecule has 5 nitrogen and oxygen atoms in total. The third kappa shape index (κ3) is 3.24. The maximum atomic E-state index is 11.8. The molecule has 1 saturated heterocycles. The van der Waals surface area contributed by atoms with E-state index in [0.29, 0.717) is 6.54 Å². The monoisotopic (exact) mass is 383 g/mol. The van der Waals surface area contributed by atoms with Gasteiger partial charge in [0.05, 0.1) is 20.8 Å². The first kappa shape index (κ1) is 18.1. The topological polar surface area (TPSA) is 54.1 Å². The summed E-state index contributed by atoms with van der Waals surface area (Å²) in [7, 11) is 3.29. The van der Waals surface area contributed by atoms with Gasteiger partial charge in [0, 0.05) is 11.3 Å². The lowest BCUT2D eigenvalue weighted by atomic mass is 9.84. The van der Waals surface area contributed by atoms with Gasteiger partial charge in [-0.25, -0.2) is 4.58 Å². The number of rotatable bonds is 4. The van der Waals surface area contributed by atoms with Gasteiger partial charge >= 0.3 is 5.17 Å². The molecule has 4 rings (SSSR count). The Bertz CT molecular complexity index is 891. The average Bonchev–Trinajstić information content (AvgIpc) is 2.74. The molecule has 2 aromatic carbocycles. The molecule has 27 heavy (non-hydrogen) atoms. The summed E-state index contributed by atoms with van der Waals surface area (Å²) >= 11 is 1.75. The van der Waals surface area contributed by atoms with E-state index in [0.717, 1.165) is 52.2 Å². The van der Waals surface area contributed by atoms with E-state index in [1.165, 1.54) is 0 Å². The van der Waals surface area contributed by atoms with E-state index >= 15 is 0 Å². The molecule has 0 aliphatic carbocycles. The molecule has 1 fully saturated rings. The van der Waals surface area contributed by atoms with Gasteiger partial charge in [0.2, 0.25) is 0 Å². The smallest absolute Gasteiger partial charge is 0.354 e. The zero-order chi connectivity index (χ0) is 18.9. The third-order valence-electron chi connectivity index (χ3n) is 5.02. The molecule has 2 aliphatic rings. The first-order chi connectivity index (χ1) is 13.2. The Kier molecular flexibility index (Phi) is 4.93. The molecule has 0 saturated carbocycles. The molecule has 140 valence electrons. The number of ether oxygens (including phenoxy) is 2. The lowest BCUT2D eigenvalue weighted by Gasteiger charge is -2.32. The number of thioether (sulfide) groups is 1. The first-order valence-corrected chi connectivity index (χ1v) is 9.98.